The lowest BCUT2D eigenvalue weighted by atomic mass is 9.99. The van der Waals surface area contributed by atoms with E-state index in [2.05, 4.69) is 49.1 Å². The summed E-state index contributed by atoms with van der Waals surface area (Å²) in [5, 5.41) is 5.43. The van der Waals surface area contributed by atoms with E-state index < -0.39 is 0 Å². The van der Waals surface area contributed by atoms with Gasteiger partial charge in [-0.2, -0.15) is 4.98 Å². The summed E-state index contributed by atoms with van der Waals surface area (Å²) in [5.74, 6) is 2.20. The summed E-state index contributed by atoms with van der Waals surface area (Å²) >= 11 is 6.15. The highest BCUT2D eigenvalue weighted by molar-refractivity contribution is 6.30. The highest BCUT2D eigenvalue weighted by Crippen LogP contribution is 2.34. The Kier molecular flexibility index (Phi) is 7.75. The lowest BCUT2D eigenvalue weighted by Crippen LogP contribution is -2.30. The molecule has 2 aromatic carbocycles. The Morgan fingerprint density at radius 2 is 1.87 bits per heavy atom. The van der Waals surface area contributed by atoms with E-state index in [-0.39, 0.29) is 6.04 Å². The number of anilines is 1. The number of hydrogen-bond acceptors (Lipinski definition) is 4. The van der Waals surface area contributed by atoms with Crippen LogP contribution in [0, 0.1) is 0 Å². The molecule has 0 spiro atoms. The van der Waals surface area contributed by atoms with Crippen molar-refractivity contribution < 1.29 is 4.74 Å². The second-order valence-corrected chi connectivity index (χ2v) is 7.90. The van der Waals surface area contributed by atoms with Gasteiger partial charge in [0, 0.05) is 18.6 Å². The number of nitrogens with zero attached hydrogens (tertiary/aromatic N) is 4. The third-order valence-corrected chi connectivity index (χ3v) is 5.50. The molecule has 160 valence electrons. The van der Waals surface area contributed by atoms with E-state index in [0.29, 0.717) is 10.8 Å². The van der Waals surface area contributed by atoms with Crippen LogP contribution in [-0.4, -0.2) is 28.4 Å². The van der Waals surface area contributed by atoms with E-state index in [1.807, 2.05) is 29.9 Å². The SMILES string of the molecule is CCCC[C@@H](c1ccccc1)N(CCC)c1nc(-c2ccc(Cl)cc2OC)n(C)n1. The number of benzene rings is 2. The van der Waals surface area contributed by atoms with Gasteiger partial charge in [-0.1, -0.05) is 68.6 Å². The van der Waals surface area contributed by atoms with Crippen LogP contribution in [0.4, 0.5) is 5.95 Å². The Labute approximate surface area is 184 Å². The molecule has 5 nitrogen and oxygen atoms in total. The molecule has 0 bridgehead atoms. The van der Waals surface area contributed by atoms with E-state index in [0.717, 1.165) is 49.6 Å². The van der Waals surface area contributed by atoms with Gasteiger partial charge in [-0.3, -0.25) is 0 Å². The van der Waals surface area contributed by atoms with Gasteiger partial charge in [0.25, 0.3) is 0 Å². The quantitative estimate of drug-likeness (QED) is 0.382. The van der Waals surface area contributed by atoms with E-state index in [1.54, 1.807) is 7.11 Å². The number of halogens is 1. The summed E-state index contributed by atoms with van der Waals surface area (Å²) < 4.78 is 7.37. The molecule has 6 heteroatoms. The van der Waals surface area contributed by atoms with Crippen molar-refractivity contribution in [2.24, 2.45) is 7.05 Å². The highest BCUT2D eigenvalue weighted by Gasteiger charge is 2.25. The lowest BCUT2D eigenvalue weighted by molar-refractivity contribution is 0.416. The van der Waals surface area contributed by atoms with Crippen molar-refractivity contribution in [1.82, 2.24) is 14.8 Å². The molecule has 30 heavy (non-hydrogen) atoms. The predicted molar refractivity (Wildman–Crippen MR) is 124 cm³/mol. The number of rotatable bonds is 10. The van der Waals surface area contributed by atoms with E-state index in [4.69, 9.17) is 26.4 Å². The van der Waals surface area contributed by atoms with Crippen molar-refractivity contribution in [3.63, 3.8) is 0 Å². The molecule has 0 aliphatic carbocycles. The van der Waals surface area contributed by atoms with Gasteiger partial charge in [-0.15, -0.1) is 5.10 Å². The molecule has 3 aromatic rings. The molecule has 0 fully saturated rings. The number of aryl methyl sites for hydroxylation is 1. The Hall–Kier alpha value is -2.53. The van der Waals surface area contributed by atoms with Gasteiger partial charge < -0.3 is 9.64 Å². The van der Waals surface area contributed by atoms with Crippen LogP contribution in [0.2, 0.25) is 5.02 Å². The minimum atomic E-state index is 0.244. The zero-order valence-electron chi connectivity index (χ0n) is 18.3. The summed E-state index contributed by atoms with van der Waals surface area (Å²) in [7, 11) is 3.57. The molecule has 0 aliphatic heterocycles. The minimum absolute atomic E-state index is 0.244. The fourth-order valence-corrected chi connectivity index (χ4v) is 3.95. The van der Waals surface area contributed by atoms with Gasteiger partial charge in [0.2, 0.25) is 5.95 Å². The number of ether oxygens (including phenoxy) is 1. The molecule has 0 aliphatic rings. The third-order valence-electron chi connectivity index (χ3n) is 5.27. The molecule has 3 rings (SSSR count). The van der Waals surface area contributed by atoms with Gasteiger partial charge in [0.1, 0.15) is 5.75 Å². The summed E-state index contributed by atoms with van der Waals surface area (Å²) in [5.41, 5.74) is 2.18. The van der Waals surface area contributed by atoms with Crippen molar-refractivity contribution in [3.05, 3.63) is 59.1 Å². The van der Waals surface area contributed by atoms with Crippen molar-refractivity contribution in [3.8, 4) is 17.1 Å². The zero-order valence-corrected chi connectivity index (χ0v) is 19.1. The average Bonchev–Trinajstić information content (AvgIpc) is 3.14. The first-order valence-electron chi connectivity index (χ1n) is 10.7. The van der Waals surface area contributed by atoms with Gasteiger partial charge in [-0.25, -0.2) is 4.68 Å². The van der Waals surface area contributed by atoms with Crippen LogP contribution in [0.1, 0.15) is 51.1 Å². The number of unbranched alkanes of at least 4 members (excludes halogenated alkanes) is 1. The number of hydrogen-bond donors (Lipinski definition) is 0. The molecule has 0 unspecified atom stereocenters. The van der Waals surface area contributed by atoms with E-state index in [1.165, 1.54) is 5.56 Å². The van der Waals surface area contributed by atoms with Crippen molar-refractivity contribution in [2.75, 3.05) is 18.6 Å². The summed E-state index contributed by atoms with van der Waals surface area (Å²) in [6.07, 6.45) is 4.41. The normalized spacial score (nSPS) is 12.0. The number of aromatic nitrogens is 3. The van der Waals surface area contributed by atoms with Crippen LogP contribution in [0.15, 0.2) is 48.5 Å². The fraction of sp³-hybridized carbons (Fsp3) is 0.417. The lowest BCUT2D eigenvalue weighted by Gasteiger charge is -2.31. The summed E-state index contributed by atoms with van der Waals surface area (Å²) in [4.78, 5) is 7.29. The average molecular weight is 427 g/mol. The second-order valence-electron chi connectivity index (χ2n) is 7.47. The van der Waals surface area contributed by atoms with Crippen molar-refractivity contribution in [2.45, 2.75) is 45.6 Å². The molecule has 1 atom stereocenters. The smallest absolute Gasteiger partial charge is 0.245 e. The highest BCUT2D eigenvalue weighted by atomic mass is 35.5. The van der Waals surface area contributed by atoms with Gasteiger partial charge in [-0.05, 0) is 36.6 Å². The molecule has 1 heterocycles. The first-order valence-corrected chi connectivity index (χ1v) is 11.0. The van der Waals surface area contributed by atoms with Gasteiger partial charge in [0.15, 0.2) is 5.82 Å². The molecule has 0 amide bonds. The van der Waals surface area contributed by atoms with Crippen molar-refractivity contribution in [1.29, 1.82) is 0 Å². The zero-order chi connectivity index (χ0) is 21.5. The molecular formula is C24H31ClN4O. The molecule has 0 saturated carbocycles. The van der Waals surface area contributed by atoms with Crippen LogP contribution >= 0.6 is 11.6 Å². The van der Waals surface area contributed by atoms with Crippen LogP contribution in [-0.2, 0) is 7.05 Å². The van der Waals surface area contributed by atoms with Crippen molar-refractivity contribution >= 4 is 17.5 Å². The van der Waals surface area contributed by atoms with E-state index in [9.17, 15) is 0 Å². The molecule has 0 radical (unpaired) electrons. The maximum atomic E-state index is 6.15. The Morgan fingerprint density at radius 1 is 1.10 bits per heavy atom. The first-order chi connectivity index (χ1) is 14.6. The predicted octanol–water partition coefficient (Wildman–Crippen LogP) is 6.29. The molecular weight excluding hydrogens is 396 g/mol. The summed E-state index contributed by atoms with van der Waals surface area (Å²) in [6.45, 7) is 5.32. The standard InChI is InChI=1S/C24H31ClN4O/c1-5-7-13-21(18-11-9-8-10-12-18)29(16-6-2)24-26-23(28(3)27-24)20-15-14-19(25)17-22(20)30-4/h8-12,14-15,17,21H,5-7,13,16H2,1-4H3/t21-/m0/s1. The maximum Gasteiger partial charge on any atom is 0.245 e. The van der Waals surface area contributed by atoms with Crippen LogP contribution in [0.5, 0.6) is 5.75 Å². The van der Waals surface area contributed by atoms with Crippen LogP contribution in [0.25, 0.3) is 11.4 Å². The topological polar surface area (TPSA) is 43.2 Å². The maximum absolute atomic E-state index is 6.15. The van der Waals surface area contributed by atoms with Gasteiger partial charge >= 0.3 is 0 Å². The van der Waals surface area contributed by atoms with E-state index >= 15 is 0 Å². The minimum Gasteiger partial charge on any atom is -0.496 e. The monoisotopic (exact) mass is 426 g/mol. The molecule has 1 aromatic heterocycles. The van der Waals surface area contributed by atoms with Crippen LogP contribution < -0.4 is 9.64 Å². The molecule has 0 N–H and O–H groups in total. The van der Waals surface area contributed by atoms with Crippen LogP contribution in [0.3, 0.4) is 0 Å². The second kappa shape index (κ2) is 10.5. The fourth-order valence-electron chi connectivity index (χ4n) is 3.79. The first kappa shape index (κ1) is 22.2. The largest absolute Gasteiger partial charge is 0.496 e. The Balaban J connectivity index is 2.03. The molecule has 0 saturated heterocycles. The van der Waals surface area contributed by atoms with Gasteiger partial charge in [0.05, 0.1) is 18.7 Å². The summed E-state index contributed by atoms with van der Waals surface area (Å²) in [6, 6.07) is 16.5. The Bertz CT molecular complexity index is 942. The number of methoxy groups -OCH3 is 1. The Morgan fingerprint density at radius 3 is 2.53 bits per heavy atom. The third kappa shape index (κ3) is 4.96.